The van der Waals surface area contributed by atoms with E-state index in [1.165, 1.54) is 12.1 Å². The predicted octanol–water partition coefficient (Wildman–Crippen LogP) is 4.65. The standard InChI is InChI=1S/C21H22N4O6/c1-4-24(11-12-31-21(28)14(2)3)17-8-6-16(7-9-17)22-23-18-10-5-15(20(26)27)13-19(18)25(29)30/h5-10,13H,2,4,11-12H2,1,3H3,(H,26,27)/b23-22+. The number of nitro benzene ring substituents is 1. The van der Waals surface area contributed by atoms with Crippen LogP contribution in [0.15, 0.2) is 64.8 Å². The number of ether oxygens (including phenoxy) is 1. The van der Waals surface area contributed by atoms with Crippen molar-refractivity contribution < 1.29 is 24.4 Å². The second-order valence-corrected chi connectivity index (χ2v) is 6.48. The molecule has 0 saturated carbocycles. The Morgan fingerprint density at radius 1 is 1.19 bits per heavy atom. The molecule has 0 amide bonds. The zero-order valence-corrected chi connectivity index (χ0v) is 17.1. The second-order valence-electron chi connectivity index (χ2n) is 6.48. The highest BCUT2D eigenvalue weighted by Gasteiger charge is 2.17. The first-order chi connectivity index (χ1) is 14.7. The van der Waals surface area contributed by atoms with Crippen LogP contribution in [0.25, 0.3) is 0 Å². The molecule has 31 heavy (non-hydrogen) atoms. The van der Waals surface area contributed by atoms with Gasteiger partial charge in [-0.05, 0) is 50.2 Å². The van der Waals surface area contributed by atoms with Gasteiger partial charge < -0.3 is 14.7 Å². The van der Waals surface area contributed by atoms with E-state index in [2.05, 4.69) is 16.8 Å². The molecule has 2 rings (SSSR count). The molecule has 10 nitrogen and oxygen atoms in total. The molecule has 0 unspecified atom stereocenters. The van der Waals surface area contributed by atoms with Crippen LogP contribution in [-0.2, 0) is 9.53 Å². The summed E-state index contributed by atoms with van der Waals surface area (Å²) in [4.78, 5) is 35.0. The third kappa shape index (κ3) is 6.46. The monoisotopic (exact) mass is 426 g/mol. The molecule has 0 aromatic heterocycles. The van der Waals surface area contributed by atoms with E-state index in [0.29, 0.717) is 24.4 Å². The number of anilines is 1. The van der Waals surface area contributed by atoms with Crippen LogP contribution < -0.4 is 4.90 Å². The zero-order valence-electron chi connectivity index (χ0n) is 17.1. The smallest absolute Gasteiger partial charge is 0.335 e. The summed E-state index contributed by atoms with van der Waals surface area (Å²) >= 11 is 0. The number of aromatic carboxylic acids is 1. The molecule has 0 radical (unpaired) electrons. The number of esters is 1. The van der Waals surface area contributed by atoms with Gasteiger partial charge in [0.15, 0.2) is 5.69 Å². The lowest BCUT2D eigenvalue weighted by Crippen LogP contribution is -2.28. The second kappa shape index (κ2) is 10.6. The Kier molecular flexibility index (Phi) is 7.95. The van der Waals surface area contributed by atoms with Crippen molar-refractivity contribution in [1.82, 2.24) is 0 Å². The van der Waals surface area contributed by atoms with Crippen LogP contribution in [0.5, 0.6) is 0 Å². The van der Waals surface area contributed by atoms with E-state index >= 15 is 0 Å². The van der Waals surface area contributed by atoms with Crippen molar-refractivity contribution in [3.8, 4) is 0 Å². The van der Waals surface area contributed by atoms with Crippen LogP contribution in [-0.4, -0.2) is 41.7 Å². The van der Waals surface area contributed by atoms with E-state index in [1.54, 1.807) is 31.2 Å². The molecular weight excluding hydrogens is 404 g/mol. The summed E-state index contributed by atoms with van der Waals surface area (Å²) in [6.07, 6.45) is 0. The number of nitrogens with zero attached hydrogens (tertiary/aromatic N) is 4. The molecule has 0 heterocycles. The number of carbonyl (C=O) groups excluding carboxylic acids is 1. The van der Waals surface area contributed by atoms with Crippen LogP contribution in [0.3, 0.4) is 0 Å². The summed E-state index contributed by atoms with van der Waals surface area (Å²) < 4.78 is 5.12. The van der Waals surface area contributed by atoms with E-state index in [1.807, 2.05) is 11.8 Å². The first kappa shape index (κ1) is 23.2. The number of likely N-dealkylation sites (N-methyl/N-ethyl adjacent to an activating group) is 1. The largest absolute Gasteiger partial charge is 0.478 e. The van der Waals surface area contributed by atoms with Crippen molar-refractivity contribution >= 4 is 34.7 Å². The van der Waals surface area contributed by atoms with E-state index in [9.17, 15) is 19.7 Å². The minimum atomic E-state index is -1.27. The van der Waals surface area contributed by atoms with Crippen molar-refractivity contribution in [2.24, 2.45) is 10.2 Å². The van der Waals surface area contributed by atoms with Crippen LogP contribution in [0.1, 0.15) is 24.2 Å². The summed E-state index contributed by atoms with van der Waals surface area (Å²) in [6.45, 7) is 8.49. The minimum absolute atomic E-state index is 0.0476. The summed E-state index contributed by atoms with van der Waals surface area (Å²) in [6, 6.07) is 10.4. The number of nitro groups is 1. The Labute approximate surface area is 178 Å². The van der Waals surface area contributed by atoms with Gasteiger partial charge in [-0.3, -0.25) is 10.1 Å². The summed E-state index contributed by atoms with van der Waals surface area (Å²) in [5, 5.41) is 28.1. The highest BCUT2D eigenvalue weighted by Crippen LogP contribution is 2.30. The fraction of sp³-hybridized carbons (Fsp3) is 0.238. The molecule has 10 heteroatoms. The van der Waals surface area contributed by atoms with Crippen LogP contribution in [0, 0.1) is 10.1 Å². The third-order valence-electron chi connectivity index (χ3n) is 4.23. The number of carboxylic acid groups (broad SMARTS) is 1. The van der Waals surface area contributed by atoms with Crippen molar-refractivity contribution in [1.29, 1.82) is 0 Å². The quantitative estimate of drug-likeness (QED) is 0.192. The number of azo groups is 1. The first-order valence-electron chi connectivity index (χ1n) is 9.34. The average molecular weight is 426 g/mol. The molecule has 0 atom stereocenters. The average Bonchev–Trinajstić information content (AvgIpc) is 2.75. The highest BCUT2D eigenvalue weighted by atomic mass is 16.6. The van der Waals surface area contributed by atoms with Gasteiger partial charge in [0.1, 0.15) is 6.61 Å². The van der Waals surface area contributed by atoms with Gasteiger partial charge in [0.2, 0.25) is 0 Å². The molecule has 0 aliphatic carbocycles. The van der Waals surface area contributed by atoms with E-state index < -0.39 is 22.5 Å². The SMILES string of the molecule is C=C(C)C(=O)OCCN(CC)c1ccc(/N=N/c2ccc(C(=O)O)cc2[N+](=O)[O-])cc1. The number of rotatable bonds is 10. The Balaban J connectivity index is 2.10. The van der Waals surface area contributed by atoms with Gasteiger partial charge in [0.05, 0.1) is 22.7 Å². The molecule has 0 aliphatic rings. The number of carboxylic acids is 1. The van der Waals surface area contributed by atoms with Crippen molar-refractivity contribution in [3.63, 3.8) is 0 Å². The Morgan fingerprint density at radius 3 is 2.42 bits per heavy atom. The molecule has 0 saturated heterocycles. The fourth-order valence-corrected chi connectivity index (χ4v) is 2.57. The van der Waals surface area contributed by atoms with E-state index in [-0.39, 0.29) is 17.9 Å². The highest BCUT2D eigenvalue weighted by molar-refractivity contribution is 5.89. The maximum Gasteiger partial charge on any atom is 0.335 e. The van der Waals surface area contributed by atoms with Gasteiger partial charge in [-0.2, -0.15) is 5.11 Å². The summed E-state index contributed by atoms with van der Waals surface area (Å²) in [5.41, 5.74) is 0.990. The van der Waals surface area contributed by atoms with Crippen molar-refractivity contribution in [3.05, 3.63) is 70.3 Å². The molecule has 2 aromatic rings. The molecule has 162 valence electrons. The van der Waals surface area contributed by atoms with Gasteiger partial charge in [-0.25, -0.2) is 9.59 Å². The zero-order chi connectivity index (χ0) is 23.0. The Hall–Kier alpha value is -4.08. The summed E-state index contributed by atoms with van der Waals surface area (Å²) in [7, 11) is 0. The maximum atomic E-state index is 11.5. The first-order valence-corrected chi connectivity index (χ1v) is 9.34. The molecular formula is C21H22N4O6. The van der Waals surface area contributed by atoms with Crippen LogP contribution >= 0.6 is 0 Å². The number of benzene rings is 2. The topological polar surface area (TPSA) is 135 Å². The fourth-order valence-electron chi connectivity index (χ4n) is 2.57. The minimum Gasteiger partial charge on any atom is -0.478 e. The van der Waals surface area contributed by atoms with Gasteiger partial charge in [0, 0.05) is 23.9 Å². The molecule has 2 aromatic carbocycles. The van der Waals surface area contributed by atoms with Crippen LogP contribution in [0.4, 0.5) is 22.7 Å². The molecule has 0 bridgehead atoms. The van der Waals surface area contributed by atoms with Crippen molar-refractivity contribution in [2.45, 2.75) is 13.8 Å². The van der Waals surface area contributed by atoms with Crippen molar-refractivity contribution in [2.75, 3.05) is 24.6 Å². The molecule has 1 N–H and O–H groups in total. The lowest BCUT2D eigenvalue weighted by atomic mass is 10.2. The van der Waals surface area contributed by atoms with Crippen LogP contribution in [0.2, 0.25) is 0 Å². The van der Waals surface area contributed by atoms with Gasteiger partial charge in [-0.1, -0.05) is 6.58 Å². The van der Waals surface area contributed by atoms with Gasteiger partial charge >= 0.3 is 11.9 Å². The summed E-state index contributed by atoms with van der Waals surface area (Å²) in [5.74, 6) is -1.70. The number of hydrogen-bond donors (Lipinski definition) is 1. The Morgan fingerprint density at radius 2 is 1.87 bits per heavy atom. The number of carbonyl (C=O) groups is 2. The lowest BCUT2D eigenvalue weighted by molar-refractivity contribution is -0.384. The van der Waals surface area contributed by atoms with Gasteiger partial charge in [-0.15, -0.1) is 5.11 Å². The normalized spacial score (nSPS) is 10.6. The maximum absolute atomic E-state index is 11.5. The van der Waals surface area contributed by atoms with E-state index in [0.717, 1.165) is 11.8 Å². The predicted molar refractivity (Wildman–Crippen MR) is 114 cm³/mol. The Bertz CT molecular complexity index is 1020. The molecule has 0 aliphatic heterocycles. The molecule has 0 fully saturated rings. The third-order valence-corrected chi connectivity index (χ3v) is 4.23. The lowest BCUT2D eigenvalue weighted by Gasteiger charge is -2.22. The number of hydrogen-bond acceptors (Lipinski definition) is 8. The van der Waals surface area contributed by atoms with Gasteiger partial charge in [0.25, 0.3) is 5.69 Å². The molecule has 0 spiro atoms. The van der Waals surface area contributed by atoms with E-state index in [4.69, 9.17) is 9.84 Å².